The summed E-state index contributed by atoms with van der Waals surface area (Å²) in [6, 6.07) is 4.44. The molecule has 0 spiro atoms. The monoisotopic (exact) mass is 295 g/mol. The van der Waals surface area contributed by atoms with E-state index in [0.29, 0.717) is 24.4 Å². The third kappa shape index (κ3) is 3.35. The van der Waals surface area contributed by atoms with Crippen molar-refractivity contribution in [1.82, 2.24) is 0 Å². The second-order valence-electron chi connectivity index (χ2n) is 3.73. The maximum Gasteiger partial charge on any atom is 0.182 e. The van der Waals surface area contributed by atoms with Crippen molar-refractivity contribution in [1.29, 1.82) is 0 Å². The van der Waals surface area contributed by atoms with Gasteiger partial charge >= 0.3 is 0 Å². The van der Waals surface area contributed by atoms with E-state index in [4.69, 9.17) is 28.9 Å². The molecule has 1 atom stereocenters. The molecule has 0 bridgehead atoms. The average Bonchev–Trinajstić information content (AvgIpc) is 2.28. The Morgan fingerprint density at radius 2 is 2.00 bits per heavy atom. The van der Waals surface area contributed by atoms with E-state index in [-0.39, 0.29) is 9.92 Å². The molecule has 1 unspecified atom stereocenters. The van der Waals surface area contributed by atoms with Crippen molar-refractivity contribution in [2.75, 3.05) is 6.54 Å². The van der Waals surface area contributed by atoms with Crippen LogP contribution in [0, 0.1) is 0 Å². The zero-order chi connectivity index (χ0) is 13.1. The molecule has 1 rings (SSSR count). The second-order valence-corrected chi connectivity index (χ2v) is 6.77. The highest BCUT2D eigenvalue weighted by Crippen LogP contribution is 2.29. The molecule has 3 nitrogen and oxygen atoms in total. The first-order valence-corrected chi connectivity index (χ1v) is 7.62. The largest absolute Gasteiger partial charge is 0.330 e. The molecule has 0 aliphatic carbocycles. The highest BCUT2D eigenvalue weighted by Gasteiger charge is 2.27. The van der Waals surface area contributed by atoms with Crippen LogP contribution in [0.2, 0.25) is 10.0 Å². The molecule has 1 aromatic rings. The average molecular weight is 296 g/mol. The van der Waals surface area contributed by atoms with Crippen molar-refractivity contribution in [2.24, 2.45) is 5.73 Å². The number of hydrogen-bond acceptors (Lipinski definition) is 3. The van der Waals surface area contributed by atoms with Gasteiger partial charge in [-0.05, 0) is 37.6 Å². The fourth-order valence-corrected chi connectivity index (χ4v) is 4.19. The maximum absolute atomic E-state index is 12.3. The lowest BCUT2D eigenvalue weighted by Gasteiger charge is -2.16. The highest BCUT2D eigenvalue weighted by molar-refractivity contribution is 7.92. The predicted molar refractivity (Wildman–Crippen MR) is 71.4 cm³/mol. The minimum Gasteiger partial charge on any atom is -0.330 e. The van der Waals surface area contributed by atoms with Crippen LogP contribution in [-0.2, 0) is 9.84 Å². The van der Waals surface area contributed by atoms with Crippen molar-refractivity contribution in [3.8, 4) is 0 Å². The fourth-order valence-electron chi connectivity index (χ4n) is 1.64. The summed E-state index contributed by atoms with van der Waals surface area (Å²) < 4.78 is 24.7. The molecule has 1 aromatic carbocycles. The molecule has 0 saturated carbocycles. The maximum atomic E-state index is 12.3. The molecule has 6 heteroatoms. The predicted octanol–water partition coefficient (Wildman–Crippen LogP) is 2.89. The Hall–Kier alpha value is -0.290. The van der Waals surface area contributed by atoms with Crippen LogP contribution in [0.1, 0.15) is 19.8 Å². The van der Waals surface area contributed by atoms with E-state index < -0.39 is 15.1 Å². The zero-order valence-corrected chi connectivity index (χ0v) is 11.8. The number of hydrogen-bond donors (Lipinski definition) is 1. The van der Waals surface area contributed by atoms with Crippen molar-refractivity contribution < 1.29 is 8.42 Å². The van der Waals surface area contributed by atoms with Crippen LogP contribution < -0.4 is 5.73 Å². The van der Waals surface area contributed by atoms with Gasteiger partial charge in [0.25, 0.3) is 0 Å². The molecule has 0 saturated heterocycles. The normalized spacial score (nSPS) is 13.6. The van der Waals surface area contributed by atoms with Gasteiger partial charge in [0.2, 0.25) is 0 Å². The van der Waals surface area contributed by atoms with E-state index in [9.17, 15) is 8.42 Å². The molecular formula is C11H15Cl2NO2S. The van der Waals surface area contributed by atoms with Crippen LogP contribution in [0.25, 0.3) is 0 Å². The van der Waals surface area contributed by atoms with E-state index in [1.54, 1.807) is 6.07 Å². The van der Waals surface area contributed by atoms with E-state index >= 15 is 0 Å². The van der Waals surface area contributed by atoms with Crippen LogP contribution in [0.4, 0.5) is 0 Å². The molecule has 0 fully saturated rings. The second kappa shape index (κ2) is 6.05. The molecule has 0 aromatic heterocycles. The van der Waals surface area contributed by atoms with Crippen LogP contribution in [0.3, 0.4) is 0 Å². The lowest BCUT2D eigenvalue weighted by atomic mass is 10.2. The molecule has 2 N–H and O–H groups in total. The van der Waals surface area contributed by atoms with Crippen LogP contribution >= 0.6 is 23.2 Å². The molecule has 0 radical (unpaired) electrons. The highest BCUT2D eigenvalue weighted by atomic mass is 35.5. The molecular weight excluding hydrogens is 281 g/mol. The van der Waals surface area contributed by atoms with Gasteiger partial charge in [0.15, 0.2) is 9.84 Å². The van der Waals surface area contributed by atoms with E-state index in [2.05, 4.69) is 0 Å². The first-order valence-electron chi connectivity index (χ1n) is 5.32. The lowest BCUT2D eigenvalue weighted by Crippen LogP contribution is -2.24. The molecule has 0 heterocycles. The van der Waals surface area contributed by atoms with Crippen molar-refractivity contribution in [3.63, 3.8) is 0 Å². The summed E-state index contributed by atoms with van der Waals surface area (Å²) in [6.07, 6.45) is 0.921. The van der Waals surface area contributed by atoms with Gasteiger partial charge in [-0.3, -0.25) is 0 Å². The minimum atomic E-state index is -3.46. The van der Waals surface area contributed by atoms with Gasteiger partial charge in [-0.1, -0.05) is 30.1 Å². The van der Waals surface area contributed by atoms with Gasteiger partial charge in [-0.25, -0.2) is 8.42 Å². The van der Waals surface area contributed by atoms with Gasteiger partial charge in [0.1, 0.15) is 0 Å². The number of sulfone groups is 1. The third-order valence-electron chi connectivity index (χ3n) is 2.58. The van der Waals surface area contributed by atoms with Crippen molar-refractivity contribution in [3.05, 3.63) is 28.2 Å². The standard InChI is InChI=1S/C11H15Cl2NO2S/c1-2-9(5-6-14)17(15,16)11-7-8(12)3-4-10(11)13/h3-4,7,9H,2,5-6,14H2,1H3. The first-order chi connectivity index (χ1) is 7.93. The van der Waals surface area contributed by atoms with Crippen molar-refractivity contribution >= 4 is 33.0 Å². The number of nitrogens with two attached hydrogens (primary N) is 1. The van der Waals surface area contributed by atoms with Gasteiger partial charge in [0.05, 0.1) is 15.2 Å². The van der Waals surface area contributed by atoms with E-state index in [1.807, 2.05) is 6.92 Å². The summed E-state index contributed by atoms with van der Waals surface area (Å²) >= 11 is 11.7. The Morgan fingerprint density at radius 3 is 2.53 bits per heavy atom. The third-order valence-corrected chi connectivity index (χ3v) is 5.66. The molecule has 17 heavy (non-hydrogen) atoms. The molecule has 0 aliphatic rings. The molecule has 0 aliphatic heterocycles. The smallest absolute Gasteiger partial charge is 0.182 e. The summed E-state index contributed by atoms with van der Waals surface area (Å²) in [6.45, 7) is 2.15. The lowest BCUT2D eigenvalue weighted by molar-refractivity contribution is 0.567. The van der Waals surface area contributed by atoms with E-state index in [0.717, 1.165) is 0 Å². The minimum absolute atomic E-state index is 0.0898. The van der Waals surface area contributed by atoms with Gasteiger partial charge in [0, 0.05) is 5.02 Å². The van der Waals surface area contributed by atoms with Crippen LogP contribution in [-0.4, -0.2) is 20.2 Å². The Kier molecular flexibility index (Phi) is 5.25. The van der Waals surface area contributed by atoms with E-state index in [1.165, 1.54) is 12.1 Å². The molecule has 96 valence electrons. The van der Waals surface area contributed by atoms with Gasteiger partial charge in [-0.15, -0.1) is 0 Å². The Labute approximate surface area is 112 Å². The number of halogens is 2. The SMILES string of the molecule is CCC(CCN)S(=O)(=O)c1cc(Cl)ccc1Cl. The summed E-state index contributed by atoms with van der Waals surface area (Å²) in [7, 11) is -3.46. The van der Waals surface area contributed by atoms with Crippen LogP contribution in [0.5, 0.6) is 0 Å². The quantitative estimate of drug-likeness (QED) is 0.908. The Balaban J connectivity index is 3.24. The molecule has 0 amide bonds. The first kappa shape index (κ1) is 14.8. The number of rotatable bonds is 5. The summed E-state index contributed by atoms with van der Waals surface area (Å²) in [5.74, 6) is 0. The summed E-state index contributed by atoms with van der Waals surface area (Å²) in [4.78, 5) is 0.0898. The summed E-state index contributed by atoms with van der Waals surface area (Å²) in [5, 5.41) is 0.0453. The van der Waals surface area contributed by atoms with Crippen molar-refractivity contribution in [2.45, 2.75) is 29.9 Å². The van der Waals surface area contributed by atoms with Crippen LogP contribution in [0.15, 0.2) is 23.1 Å². The number of benzene rings is 1. The fraction of sp³-hybridized carbons (Fsp3) is 0.455. The Morgan fingerprint density at radius 1 is 1.35 bits per heavy atom. The van der Waals surface area contributed by atoms with Gasteiger partial charge < -0.3 is 5.73 Å². The topological polar surface area (TPSA) is 60.2 Å². The summed E-state index contributed by atoms with van der Waals surface area (Å²) in [5.41, 5.74) is 5.42. The zero-order valence-electron chi connectivity index (χ0n) is 9.49. The van der Waals surface area contributed by atoms with Gasteiger partial charge in [-0.2, -0.15) is 0 Å². The Bertz CT molecular complexity index is 488.